The number of hydrogen-bond acceptors (Lipinski definition) is 3. The number of piperazine rings is 1. The molecule has 1 unspecified atom stereocenters. The van der Waals surface area contributed by atoms with Crippen molar-refractivity contribution in [2.45, 2.75) is 57.9 Å². The summed E-state index contributed by atoms with van der Waals surface area (Å²) in [6, 6.07) is -0.401. The summed E-state index contributed by atoms with van der Waals surface area (Å²) in [4.78, 5) is 28.8. The number of carbonyl (C=O) groups is 2. The molecule has 5 rings (SSSR count). The molecule has 0 spiro atoms. The summed E-state index contributed by atoms with van der Waals surface area (Å²) in [5.41, 5.74) is -0.0616. The lowest BCUT2D eigenvalue weighted by molar-refractivity contribution is -0.160. The first-order valence-corrected chi connectivity index (χ1v) is 9.77. The third-order valence-electron chi connectivity index (χ3n) is 7.21. The normalized spacial score (nSPS) is 39.9. The topological polar surface area (TPSA) is 60.9 Å². The van der Waals surface area contributed by atoms with Gasteiger partial charge in [-0.1, -0.05) is 6.92 Å². The zero-order chi connectivity index (χ0) is 16.9. The van der Waals surface area contributed by atoms with Crippen molar-refractivity contribution in [1.29, 1.82) is 0 Å². The minimum Gasteiger partial charge on any atom is -0.480 e. The molecule has 5 aliphatic rings. The second-order valence-corrected chi connectivity index (χ2v) is 8.79. The molecular formula is C19H30N2O3. The second kappa shape index (κ2) is 6.01. The fourth-order valence-corrected chi connectivity index (χ4v) is 6.53. The Labute approximate surface area is 144 Å². The molecule has 1 atom stereocenters. The first-order valence-electron chi connectivity index (χ1n) is 9.77. The van der Waals surface area contributed by atoms with Crippen LogP contribution in [0.15, 0.2) is 0 Å². The summed E-state index contributed by atoms with van der Waals surface area (Å²) in [5.74, 6) is 2.02. The van der Waals surface area contributed by atoms with E-state index in [0.29, 0.717) is 38.5 Å². The van der Waals surface area contributed by atoms with Crippen molar-refractivity contribution < 1.29 is 14.7 Å². The minimum atomic E-state index is -0.738. The minimum absolute atomic E-state index is 0.0616. The van der Waals surface area contributed by atoms with Crippen molar-refractivity contribution in [3.8, 4) is 0 Å². The third kappa shape index (κ3) is 2.65. The molecule has 5 heteroatoms. The number of amides is 1. The molecule has 0 aromatic rings. The van der Waals surface area contributed by atoms with Gasteiger partial charge in [0.2, 0.25) is 5.91 Å². The van der Waals surface area contributed by atoms with E-state index < -0.39 is 12.0 Å². The molecule has 134 valence electrons. The number of hydrogen-bond donors (Lipinski definition) is 1. The van der Waals surface area contributed by atoms with Gasteiger partial charge < -0.3 is 10.0 Å². The lowest BCUT2D eigenvalue weighted by Crippen LogP contribution is -2.59. The average molecular weight is 334 g/mol. The van der Waals surface area contributed by atoms with E-state index in [1.165, 1.54) is 19.3 Å². The molecule has 1 aliphatic heterocycles. The number of aliphatic carboxylic acids is 1. The van der Waals surface area contributed by atoms with Crippen molar-refractivity contribution in [1.82, 2.24) is 9.80 Å². The van der Waals surface area contributed by atoms with E-state index in [2.05, 4.69) is 4.90 Å². The Morgan fingerprint density at radius 3 is 1.92 bits per heavy atom. The van der Waals surface area contributed by atoms with Crippen LogP contribution in [0.25, 0.3) is 0 Å². The van der Waals surface area contributed by atoms with Crippen molar-refractivity contribution in [3.05, 3.63) is 0 Å². The average Bonchev–Trinajstić information content (AvgIpc) is 2.54. The molecule has 1 amide bonds. The molecule has 1 saturated heterocycles. The lowest BCUT2D eigenvalue weighted by atomic mass is 9.49. The lowest BCUT2D eigenvalue weighted by Gasteiger charge is -2.57. The molecule has 4 bridgehead atoms. The van der Waals surface area contributed by atoms with Crippen LogP contribution >= 0.6 is 0 Å². The quantitative estimate of drug-likeness (QED) is 0.856. The molecule has 5 fully saturated rings. The smallest absolute Gasteiger partial charge is 0.320 e. The van der Waals surface area contributed by atoms with Crippen LogP contribution in [0.2, 0.25) is 0 Å². The predicted molar refractivity (Wildman–Crippen MR) is 90.5 cm³/mol. The molecule has 1 N–H and O–H groups in total. The SMILES string of the molecule is CCC(C(=O)O)N1CCN(C(=O)C23CC4CC(CC(C4)C2)C3)CC1. The van der Waals surface area contributed by atoms with Gasteiger partial charge in [-0.05, 0) is 62.7 Å². The number of rotatable bonds is 4. The standard InChI is InChI=1S/C19H30N2O3/c1-2-16(17(22)23)20-3-5-21(6-4-20)18(24)19-10-13-7-14(11-19)9-15(8-13)12-19/h13-16H,2-12H2,1H3,(H,22,23). The van der Waals surface area contributed by atoms with E-state index >= 15 is 0 Å². The Morgan fingerprint density at radius 1 is 1.00 bits per heavy atom. The fourth-order valence-electron chi connectivity index (χ4n) is 6.53. The highest BCUT2D eigenvalue weighted by Crippen LogP contribution is 2.60. The van der Waals surface area contributed by atoms with Crippen LogP contribution in [-0.4, -0.2) is 59.0 Å². The molecule has 1 heterocycles. The maximum absolute atomic E-state index is 13.3. The molecular weight excluding hydrogens is 304 g/mol. The van der Waals surface area contributed by atoms with E-state index in [1.807, 2.05) is 11.8 Å². The Kier molecular flexibility index (Phi) is 4.10. The summed E-state index contributed by atoms with van der Waals surface area (Å²) in [7, 11) is 0. The van der Waals surface area contributed by atoms with Gasteiger partial charge in [-0.3, -0.25) is 14.5 Å². The molecule has 24 heavy (non-hydrogen) atoms. The van der Waals surface area contributed by atoms with Crippen LogP contribution in [-0.2, 0) is 9.59 Å². The molecule has 5 nitrogen and oxygen atoms in total. The first-order chi connectivity index (χ1) is 11.5. The van der Waals surface area contributed by atoms with Gasteiger partial charge in [0, 0.05) is 26.2 Å². The Balaban J connectivity index is 1.41. The van der Waals surface area contributed by atoms with Crippen molar-refractivity contribution >= 4 is 11.9 Å². The van der Waals surface area contributed by atoms with E-state index in [4.69, 9.17) is 0 Å². The highest BCUT2D eigenvalue weighted by atomic mass is 16.4. The molecule has 4 saturated carbocycles. The number of carbonyl (C=O) groups excluding carboxylic acids is 1. The third-order valence-corrected chi connectivity index (χ3v) is 7.21. The van der Waals surface area contributed by atoms with Gasteiger partial charge >= 0.3 is 5.97 Å². The summed E-state index contributed by atoms with van der Waals surface area (Å²) in [6.07, 6.45) is 8.05. The fraction of sp³-hybridized carbons (Fsp3) is 0.895. The zero-order valence-electron chi connectivity index (χ0n) is 14.7. The number of carboxylic acid groups (broad SMARTS) is 1. The highest BCUT2D eigenvalue weighted by molar-refractivity contribution is 5.83. The summed E-state index contributed by atoms with van der Waals surface area (Å²) >= 11 is 0. The van der Waals surface area contributed by atoms with Gasteiger partial charge in [0.1, 0.15) is 6.04 Å². The van der Waals surface area contributed by atoms with Gasteiger partial charge in [-0.2, -0.15) is 0 Å². The van der Waals surface area contributed by atoms with E-state index in [9.17, 15) is 14.7 Å². The van der Waals surface area contributed by atoms with E-state index in [1.54, 1.807) is 0 Å². The van der Waals surface area contributed by atoms with Crippen LogP contribution in [0.1, 0.15) is 51.9 Å². The van der Waals surface area contributed by atoms with E-state index in [0.717, 1.165) is 37.0 Å². The van der Waals surface area contributed by atoms with Gasteiger partial charge in [0.25, 0.3) is 0 Å². The van der Waals surface area contributed by atoms with Crippen LogP contribution in [0.3, 0.4) is 0 Å². The second-order valence-electron chi connectivity index (χ2n) is 8.79. The Hall–Kier alpha value is -1.10. The maximum atomic E-state index is 13.3. The van der Waals surface area contributed by atoms with Crippen molar-refractivity contribution in [2.75, 3.05) is 26.2 Å². The zero-order valence-corrected chi connectivity index (χ0v) is 14.7. The summed E-state index contributed by atoms with van der Waals surface area (Å²) in [5, 5.41) is 9.33. The molecule has 4 aliphatic carbocycles. The van der Waals surface area contributed by atoms with Gasteiger partial charge in [-0.25, -0.2) is 0 Å². The summed E-state index contributed by atoms with van der Waals surface area (Å²) < 4.78 is 0. The van der Waals surface area contributed by atoms with Crippen LogP contribution in [0.4, 0.5) is 0 Å². The van der Waals surface area contributed by atoms with Gasteiger partial charge in [0.05, 0.1) is 5.41 Å². The largest absolute Gasteiger partial charge is 0.480 e. The highest BCUT2D eigenvalue weighted by Gasteiger charge is 2.55. The van der Waals surface area contributed by atoms with Crippen LogP contribution in [0.5, 0.6) is 0 Å². The van der Waals surface area contributed by atoms with Gasteiger partial charge in [0.15, 0.2) is 0 Å². The van der Waals surface area contributed by atoms with Crippen LogP contribution in [0, 0.1) is 23.2 Å². The summed E-state index contributed by atoms with van der Waals surface area (Å²) in [6.45, 7) is 4.71. The molecule has 0 aromatic heterocycles. The van der Waals surface area contributed by atoms with Crippen molar-refractivity contribution in [3.63, 3.8) is 0 Å². The van der Waals surface area contributed by atoms with Crippen LogP contribution < -0.4 is 0 Å². The monoisotopic (exact) mass is 334 g/mol. The molecule has 0 radical (unpaired) electrons. The first kappa shape index (κ1) is 16.4. The number of nitrogens with zero attached hydrogens (tertiary/aromatic N) is 2. The predicted octanol–water partition coefficient (Wildman–Crippen LogP) is 2.21. The maximum Gasteiger partial charge on any atom is 0.320 e. The molecule has 0 aromatic carbocycles. The Morgan fingerprint density at radius 2 is 1.50 bits per heavy atom. The van der Waals surface area contributed by atoms with E-state index in [-0.39, 0.29) is 5.41 Å². The van der Waals surface area contributed by atoms with Crippen molar-refractivity contribution in [2.24, 2.45) is 23.2 Å². The Bertz CT molecular complexity index is 489. The number of carboxylic acids is 1. The van der Waals surface area contributed by atoms with Gasteiger partial charge in [-0.15, -0.1) is 0 Å².